The minimum absolute atomic E-state index is 0.370. The Kier molecular flexibility index (Phi) is 6.01. The van der Waals surface area contributed by atoms with Crippen LogP contribution in [0.5, 0.6) is 0 Å². The molecule has 0 atom stereocenters. The first-order valence-corrected chi connectivity index (χ1v) is 10.8. The lowest BCUT2D eigenvalue weighted by molar-refractivity contribution is 0.0592. The predicted molar refractivity (Wildman–Crippen MR) is 129 cm³/mol. The van der Waals surface area contributed by atoms with Gasteiger partial charge in [0.05, 0.1) is 30.8 Å². The molecule has 4 heteroatoms. The molecule has 0 aliphatic heterocycles. The first kappa shape index (κ1) is 22.3. The summed E-state index contributed by atoms with van der Waals surface area (Å²) in [6.07, 6.45) is 4.29. The first-order valence-electron chi connectivity index (χ1n) is 10.8. The third-order valence-electron chi connectivity index (χ3n) is 6.37. The van der Waals surface area contributed by atoms with Gasteiger partial charge in [0.15, 0.2) is 0 Å². The highest BCUT2D eigenvalue weighted by molar-refractivity contribution is 5.95. The molecule has 0 fully saturated rings. The van der Waals surface area contributed by atoms with Crippen molar-refractivity contribution < 1.29 is 19.1 Å². The van der Waals surface area contributed by atoms with E-state index in [9.17, 15) is 9.59 Å². The minimum Gasteiger partial charge on any atom is -0.465 e. The highest BCUT2D eigenvalue weighted by Gasteiger charge is 2.47. The standard InChI is InChI=1S/C29H26O4/c1-5-23-24-9-7-8-10-26(24)29(25(23)6-2,21-15-11-19(12-16-21)27(30)32-3)22-17-13-20(14-18-22)28(31)33-4/h5-18H,1-4H3/b23-5-,25-6+. The van der Waals surface area contributed by atoms with Crippen LogP contribution >= 0.6 is 0 Å². The van der Waals surface area contributed by atoms with Crippen LogP contribution in [0.3, 0.4) is 0 Å². The maximum Gasteiger partial charge on any atom is 0.337 e. The Morgan fingerprint density at radius 2 is 1.18 bits per heavy atom. The zero-order chi connectivity index (χ0) is 23.6. The topological polar surface area (TPSA) is 52.6 Å². The molecule has 0 spiro atoms. The summed E-state index contributed by atoms with van der Waals surface area (Å²) in [5.41, 5.74) is 7.09. The summed E-state index contributed by atoms with van der Waals surface area (Å²) < 4.78 is 9.77. The average molecular weight is 439 g/mol. The summed E-state index contributed by atoms with van der Waals surface area (Å²) in [6.45, 7) is 4.09. The quantitative estimate of drug-likeness (QED) is 0.472. The Balaban J connectivity index is 2.04. The van der Waals surface area contributed by atoms with Crippen LogP contribution < -0.4 is 0 Å². The van der Waals surface area contributed by atoms with Gasteiger partial charge >= 0.3 is 11.9 Å². The first-order chi connectivity index (χ1) is 16.0. The zero-order valence-electron chi connectivity index (χ0n) is 19.2. The van der Waals surface area contributed by atoms with Crippen LogP contribution in [-0.4, -0.2) is 26.2 Å². The van der Waals surface area contributed by atoms with Crippen molar-refractivity contribution in [2.24, 2.45) is 0 Å². The number of benzene rings is 3. The van der Waals surface area contributed by atoms with Gasteiger partial charge in [0, 0.05) is 0 Å². The van der Waals surface area contributed by atoms with E-state index < -0.39 is 5.41 Å². The van der Waals surface area contributed by atoms with E-state index in [0.717, 1.165) is 22.3 Å². The number of carbonyl (C=O) groups excluding carboxylic acids is 2. The lowest BCUT2D eigenvalue weighted by atomic mass is 9.67. The summed E-state index contributed by atoms with van der Waals surface area (Å²) in [6, 6.07) is 23.5. The summed E-state index contributed by atoms with van der Waals surface area (Å²) in [4.78, 5) is 24.1. The van der Waals surface area contributed by atoms with Crippen molar-refractivity contribution in [2.45, 2.75) is 19.3 Å². The molecular formula is C29H26O4. The maximum atomic E-state index is 12.1. The fraction of sp³-hybridized carbons (Fsp3) is 0.172. The van der Waals surface area contributed by atoms with E-state index in [2.05, 4.69) is 24.3 Å². The number of fused-ring (bicyclic) bond motifs is 1. The molecule has 33 heavy (non-hydrogen) atoms. The Morgan fingerprint density at radius 1 is 0.697 bits per heavy atom. The smallest absolute Gasteiger partial charge is 0.337 e. The van der Waals surface area contributed by atoms with Crippen LogP contribution in [-0.2, 0) is 14.9 Å². The summed E-state index contributed by atoms with van der Waals surface area (Å²) in [5, 5.41) is 0. The highest BCUT2D eigenvalue weighted by atomic mass is 16.5. The third-order valence-corrected chi connectivity index (χ3v) is 6.37. The molecular weight excluding hydrogens is 412 g/mol. The fourth-order valence-electron chi connectivity index (χ4n) is 4.96. The Hall–Kier alpha value is -3.92. The van der Waals surface area contributed by atoms with E-state index in [4.69, 9.17) is 9.47 Å². The second-order valence-corrected chi connectivity index (χ2v) is 7.84. The average Bonchev–Trinajstić information content (AvgIpc) is 3.18. The number of ether oxygens (including phenoxy) is 2. The van der Waals surface area contributed by atoms with Crippen molar-refractivity contribution in [3.63, 3.8) is 0 Å². The van der Waals surface area contributed by atoms with E-state index in [-0.39, 0.29) is 11.9 Å². The molecule has 0 N–H and O–H groups in total. The predicted octanol–water partition coefficient (Wildman–Crippen LogP) is 5.96. The Morgan fingerprint density at radius 3 is 1.61 bits per heavy atom. The van der Waals surface area contributed by atoms with Gasteiger partial charge in [0.25, 0.3) is 0 Å². The lowest BCUT2D eigenvalue weighted by Gasteiger charge is -2.34. The number of hydrogen-bond donors (Lipinski definition) is 0. The molecule has 1 aliphatic carbocycles. The molecule has 0 heterocycles. The number of carbonyl (C=O) groups is 2. The second-order valence-electron chi connectivity index (χ2n) is 7.84. The van der Waals surface area contributed by atoms with E-state index in [1.807, 2.05) is 50.2 Å². The van der Waals surface area contributed by atoms with Gasteiger partial charge < -0.3 is 9.47 Å². The number of hydrogen-bond acceptors (Lipinski definition) is 4. The van der Waals surface area contributed by atoms with Crippen LogP contribution in [0.2, 0.25) is 0 Å². The van der Waals surface area contributed by atoms with Crippen molar-refractivity contribution >= 4 is 17.5 Å². The molecule has 3 aromatic rings. The molecule has 0 saturated carbocycles. The normalized spacial score (nSPS) is 16.5. The summed E-state index contributed by atoms with van der Waals surface area (Å²) in [7, 11) is 2.76. The van der Waals surface area contributed by atoms with E-state index >= 15 is 0 Å². The zero-order valence-corrected chi connectivity index (χ0v) is 19.2. The van der Waals surface area contributed by atoms with E-state index in [1.54, 1.807) is 24.3 Å². The van der Waals surface area contributed by atoms with Gasteiger partial charge in [0.2, 0.25) is 0 Å². The minimum atomic E-state index is -0.601. The molecule has 4 rings (SSSR count). The van der Waals surface area contributed by atoms with E-state index in [1.165, 1.54) is 25.4 Å². The second kappa shape index (κ2) is 8.91. The molecule has 0 saturated heterocycles. The van der Waals surface area contributed by atoms with Crippen molar-refractivity contribution in [3.05, 3.63) is 124 Å². The van der Waals surface area contributed by atoms with Gasteiger partial charge in [-0.1, -0.05) is 60.7 Å². The number of allylic oxidation sites excluding steroid dienone is 4. The molecule has 3 aromatic carbocycles. The van der Waals surface area contributed by atoms with Gasteiger partial charge in [-0.25, -0.2) is 9.59 Å². The van der Waals surface area contributed by atoms with Crippen LogP contribution in [0.25, 0.3) is 5.57 Å². The summed E-state index contributed by atoms with van der Waals surface area (Å²) >= 11 is 0. The monoisotopic (exact) mass is 438 g/mol. The fourth-order valence-corrected chi connectivity index (χ4v) is 4.96. The number of esters is 2. The van der Waals surface area contributed by atoms with Crippen molar-refractivity contribution in [1.29, 1.82) is 0 Å². The largest absolute Gasteiger partial charge is 0.465 e. The molecule has 4 nitrogen and oxygen atoms in total. The van der Waals surface area contributed by atoms with Gasteiger partial charge in [0.1, 0.15) is 0 Å². The van der Waals surface area contributed by atoms with Crippen LogP contribution in [0.15, 0.2) is 90.5 Å². The molecule has 166 valence electrons. The van der Waals surface area contributed by atoms with Gasteiger partial charge in [-0.3, -0.25) is 0 Å². The molecule has 1 aliphatic rings. The molecule has 0 aromatic heterocycles. The van der Waals surface area contributed by atoms with Gasteiger partial charge in [-0.2, -0.15) is 0 Å². The van der Waals surface area contributed by atoms with Gasteiger partial charge in [-0.05, 0) is 71.5 Å². The lowest BCUT2D eigenvalue weighted by Crippen LogP contribution is -2.29. The third kappa shape index (κ3) is 3.39. The van der Waals surface area contributed by atoms with Crippen molar-refractivity contribution in [1.82, 2.24) is 0 Å². The Labute approximate surface area is 194 Å². The highest BCUT2D eigenvalue weighted by Crippen LogP contribution is 2.57. The maximum absolute atomic E-state index is 12.1. The van der Waals surface area contributed by atoms with Gasteiger partial charge in [-0.15, -0.1) is 0 Å². The van der Waals surface area contributed by atoms with Crippen LogP contribution in [0, 0.1) is 0 Å². The molecule has 0 amide bonds. The van der Waals surface area contributed by atoms with Crippen LogP contribution in [0.1, 0.15) is 56.8 Å². The summed E-state index contributed by atoms with van der Waals surface area (Å²) in [5.74, 6) is -0.740. The SMILES string of the molecule is C/C=C1\C(=C/C)C(c2ccc(C(=O)OC)cc2)(c2ccc(C(=O)OC)cc2)c2ccccc21. The van der Waals surface area contributed by atoms with E-state index in [0.29, 0.717) is 11.1 Å². The van der Waals surface area contributed by atoms with Crippen molar-refractivity contribution in [3.8, 4) is 0 Å². The molecule has 0 radical (unpaired) electrons. The molecule has 0 bridgehead atoms. The number of methoxy groups -OCH3 is 2. The van der Waals surface area contributed by atoms with Crippen molar-refractivity contribution in [2.75, 3.05) is 14.2 Å². The molecule has 0 unspecified atom stereocenters. The van der Waals surface area contributed by atoms with Crippen LogP contribution in [0.4, 0.5) is 0 Å². The Bertz CT molecular complexity index is 1200. The number of rotatable bonds is 4.